The van der Waals surface area contributed by atoms with Gasteiger partial charge in [0, 0.05) is 12.6 Å². The highest BCUT2D eigenvalue weighted by Crippen LogP contribution is 2.01. The summed E-state index contributed by atoms with van der Waals surface area (Å²) in [6.45, 7) is 5.02. The Labute approximate surface area is 69.9 Å². The SMILES string of the molecule is CCN.CN(C)C1CCNC1. The highest BCUT2D eigenvalue weighted by molar-refractivity contribution is 4.76. The Bertz CT molecular complexity index is 77.4. The van der Waals surface area contributed by atoms with Gasteiger partial charge in [0.15, 0.2) is 0 Å². The largest absolute Gasteiger partial charge is 0.331 e. The maximum absolute atomic E-state index is 4.85. The third kappa shape index (κ3) is 5.18. The maximum atomic E-state index is 4.85. The molecule has 1 saturated heterocycles. The first-order valence-corrected chi connectivity index (χ1v) is 4.29. The Morgan fingerprint density at radius 3 is 2.27 bits per heavy atom. The van der Waals surface area contributed by atoms with Crippen LogP contribution in [-0.2, 0) is 0 Å². The Balaban J connectivity index is 0.000000292. The smallest absolute Gasteiger partial charge is 0.0226 e. The maximum Gasteiger partial charge on any atom is 0.0226 e. The average Bonchev–Trinajstić information content (AvgIpc) is 2.38. The van der Waals surface area contributed by atoms with E-state index in [9.17, 15) is 0 Å². The molecule has 1 rings (SSSR count). The van der Waals surface area contributed by atoms with E-state index in [1.165, 1.54) is 19.5 Å². The molecule has 1 fully saturated rings. The van der Waals surface area contributed by atoms with Crippen molar-refractivity contribution in [2.75, 3.05) is 33.7 Å². The van der Waals surface area contributed by atoms with E-state index in [1.54, 1.807) is 0 Å². The van der Waals surface area contributed by atoms with Crippen molar-refractivity contribution in [2.45, 2.75) is 19.4 Å². The normalized spacial score (nSPS) is 23.2. The van der Waals surface area contributed by atoms with E-state index in [0.29, 0.717) is 0 Å². The molecule has 3 heteroatoms. The Hall–Kier alpha value is -0.120. The molecule has 0 spiro atoms. The second-order valence-electron chi connectivity index (χ2n) is 3.02. The lowest BCUT2D eigenvalue weighted by molar-refractivity contribution is 0.313. The standard InChI is InChI=1S/C6H14N2.C2H7N/c1-8(2)6-3-4-7-5-6;1-2-3/h6-7H,3-5H2,1-2H3;2-3H2,1H3. The van der Waals surface area contributed by atoms with E-state index in [1.807, 2.05) is 6.92 Å². The summed E-state index contributed by atoms with van der Waals surface area (Å²) in [5.74, 6) is 0. The van der Waals surface area contributed by atoms with Crippen molar-refractivity contribution in [3.8, 4) is 0 Å². The van der Waals surface area contributed by atoms with Gasteiger partial charge in [-0.15, -0.1) is 0 Å². The van der Waals surface area contributed by atoms with E-state index in [0.717, 1.165) is 12.6 Å². The van der Waals surface area contributed by atoms with E-state index in [2.05, 4.69) is 24.3 Å². The molecule has 1 unspecified atom stereocenters. The second-order valence-corrected chi connectivity index (χ2v) is 3.02. The summed E-state index contributed by atoms with van der Waals surface area (Å²) < 4.78 is 0. The third-order valence-electron chi connectivity index (χ3n) is 1.76. The number of hydrogen-bond donors (Lipinski definition) is 2. The molecular formula is C8H21N3. The summed E-state index contributed by atoms with van der Waals surface area (Å²) in [4.78, 5) is 2.28. The number of likely N-dealkylation sites (N-methyl/N-ethyl adjacent to an activating group) is 1. The van der Waals surface area contributed by atoms with Crippen molar-refractivity contribution in [1.29, 1.82) is 0 Å². The van der Waals surface area contributed by atoms with Crippen LogP contribution in [0.4, 0.5) is 0 Å². The quantitative estimate of drug-likeness (QED) is 0.560. The van der Waals surface area contributed by atoms with Crippen LogP contribution in [0.15, 0.2) is 0 Å². The van der Waals surface area contributed by atoms with Crippen LogP contribution in [0.5, 0.6) is 0 Å². The van der Waals surface area contributed by atoms with Crippen molar-refractivity contribution < 1.29 is 0 Å². The minimum absolute atomic E-state index is 0.750. The van der Waals surface area contributed by atoms with Gasteiger partial charge in [0.05, 0.1) is 0 Å². The third-order valence-corrected chi connectivity index (χ3v) is 1.76. The van der Waals surface area contributed by atoms with Gasteiger partial charge in [0.1, 0.15) is 0 Å². The topological polar surface area (TPSA) is 41.3 Å². The lowest BCUT2D eigenvalue weighted by Gasteiger charge is -2.16. The van der Waals surface area contributed by atoms with Gasteiger partial charge in [-0.05, 0) is 33.6 Å². The van der Waals surface area contributed by atoms with E-state index < -0.39 is 0 Å². The molecule has 0 aromatic heterocycles. The van der Waals surface area contributed by atoms with E-state index in [4.69, 9.17) is 5.73 Å². The average molecular weight is 159 g/mol. The van der Waals surface area contributed by atoms with Gasteiger partial charge < -0.3 is 16.0 Å². The molecule has 68 valence electrons. The predicted molar refractivity (Wildman–Crippen MR) is 49.7 cm³/mol. The summed E-state index contributed by atoms with van der Waals surface area (Å²) in [5.41, 5.74) is 4.85. The van der Waals surface area contributed by atoms with Crippen LogP contribution in [-0.4, -0.2) is 44.7 Å². The first-order valence-electron chi connectivity index (χ1n) is 4.29. The van der Waals surface area contributed by atoms with Gasteiger partial charge in [-0.3, -0.25) is 0 Å². The van der Waals surface area contributed by atoms with Crippen LogP contribution in [0.2, 0.25) is 0 Å². The van der Waals surface area contributed by atoms with Crippen LogP contribution >= 0.6 is 0 Å². The fourth-order valence-corrected chi connectivity index (χ4v) is 1.08. The van der Waals surface area contributed by atoms with Crippen molar-refractivity contribution in [2.24, 2.45) is 5.73 Å². The minimum atomic E-state index is 0.750. The van der Waals surface area contributed by atoms with Crippen LogP contribution in [0, 0.1) is 0 Å². The molecule has 0 aliphatic carbocycles. The highest BCUT2D eigenvalue weighted by atomic mass is 15.1. The lowest BCUT2D eigenvalue weighted by atomic mass is 10.2. The number of nitrogens with two attached hydrogens (primary N) is 1. The molecule has 0 aromatic rings. The van der Waals surface area contributed by atoms with Gasteiger partial charge in [0.2, 0.25) is 0 Å². The summed E-state index contributed by atoms with van der Waals surface area (Å²) >= 11 is 0. The minimum Gasteiger partial charge on any atom is -0.331 e. The molecule has 1 heterocycles. The van der Waals surface area contributed by atoms with Crippen molar-refractivity contribution in [1.82, 2.24) is 10.2 Å². The molecule has 0 bridgehead atoms. The molecule has 0 aromatic carbocycles. The van der Waals surface area contributed by atoms with Crippen molar-refractivity contribution in [3.05, 3.63) is 0 Å². The molecule has 3 N–H and O–H groups in total. The zero-order chi connectivity index (χ0) is 8.69. The summed E-state index contributed by atoms with van der Waals surface area (Å²) in [6.07, 6.45) is 1.31. The molecule has 1 atom stereocenters. The first kappa shape index (κ1) is 10.9. The Kier molecular flexibility index (Phi) is 6.51. The van der Waals surface area contributed by atoms with Crippen LogP contribution in [0.1, 0.15) is 13.3 Å². The van der Waals surface area contributed by atoms with Crippen molar-refractivity contribution >= 4 is 0 Å². The predicted octanol–water partition coefficient (Wildman–Crippen LogP) is -0.125. The fourth-order valence-electron chi connectivity index (χ4n) is 1.08. The zero-order valence-electron chi connectivity index (χ0n) is 7.93. The molecule has 11 heavy (non-hydrogen) atoms. The molecule has 1 aliphatic rings. The van der Waals surface area contributed by atoms with Gasteiger partial charge in [-0.1, -0.05) is 6.92 Å². The highest BCUT2D eigenvalue weighted by Gasteiger charge is 2.14. The summed E-state index contributed by atoms with van der Waals surface area (Å²) in [5, 5.41) is 3.31. The Morgan fingerprint density at radius 1 is 1.55 bits per heavy atom. The van der Waals surface area contributed by atoms with Gasteiger partial charge >= 0.3 is 0 Å². The second kappa shape index (κ2) is 6.58. The van der Waals surface area contributed by atoms with Gasteiger partial charge in [-0.2, -0.15) is 0 Å². The van der Waals surface area contributed by atoms with E-state index >= 15 is 0 Å². The molecule has 0 saturated carbocycles. The monoisotopic (exact) mass is 159 g/mol. The fraction of sp³-hybridized carbons (Fsp3) is 1.00. The molecule has 1 aliphatic heterocycles. The summed E-state index contributed by atoms with van der Waals surface area (Å²) in [6, 6.07) is 0.787. The Morgan fingerprint density at radius 2 is 2.09 bits per heavy atom. The van der Waals surface area contributed by atoms with E-state index in [-0.39, 0.29) is 0 Å². The van der Waals surface area contributed by atoms with Crippen LogP contribution in [0.3, 0.4) is 0 Å². The van der Waals surface area contributed by atoms with Crippen LogP contribution in [0.25, 0.3) is 0 Å². The van der Waals surface area contributed by atoms with Crippen LogP contribution < -0.4 is 11.1 Å². The first-order chi connectivity index (χ1) is 5.22. The number of hydrogen-bond acceptors (Lipinski definition) is 3. The zero-order valence-corrected chi connectivity index (χ0v) is 7.93. The number of rotatable bonds is 1. The molecular weight excluding hydrogens is 138 g/mol. The molecule has 0 radical (unpaired) electrons. The number of nitrogens with zero attached hydrogens (tertiary/aromatic N) is 1. The molecule has 0 amide bonds. The van der Waals surface area contributed by atoms with Gasteiger partial charge in [0.25, 0.3) is 0 Å². The number of nitrogens with one attached hydrogen (secondary N) is 1. The van der Waals surface area contributed by atoms with Gasteiger partial charge in [-0.25, -0.2) is 0 Å². The summed E-state index contributed by atoms with van der Waals surface area (Å²) in [7, 11) is 4.27. The molecule has 3 nitrogen and oxygen atoms in total. The lowest BCUT2D eigenvalue weighted by Crippen LogP contribution is -2.29. The van der Waals surface area contributed by atoms with Crippen molar-refractivity contribution in [3.63, 3.8) is 0 Å².